The van der Waals surface area contributed by atoms with Crippen LogP contribution >= 0.6 is 11.8 Å². The second-order valence-corrected chi connectivity index (χ2v) is 9.40. The van der Waals surface area contributed by atoms with Crippen molar-refractivity contribution in [2.75, 3.05) is 19.4 Å². The van der Waals surface area contributed by atoms with Crippen LogP contribution in [0.25, 0.3) is 5.69 Å². The Kier molecular flexibility index (Phi) is 7.15. The molecule has 6 nitrogen and oxygen atoms in total. The zero-order chi connectivity index (χ0) is 22.5. The molecule has 1 saturated heterocycles. The van der Waals surface area contributed by atoms with E-state index >= 15 is 0 Å². The van der Waals surface area contributed by atoms with Gasteiger partial charge in [-0.1, -0.05) is 49.9 Å². The maximum Gasteiger partial charge on any atom is 0.233 e. The van der Waals surface area contributed by atoms with Crippen LogP contribution in [0.3, 0.4) is 0 Å². The molecular formula is C25H30N4O2S. The van der Waals surface area contributed by atoms with E-state index in [1.165, 1.54) is 22.9 Å². The van der Waals surface area contributed by atoms with E-state index in [4.69, 9.17) is 4.74 Å². The minimum Gasteiger partial charge on any atom is -0.497 e. The monoisotopic (exact) mass is 450 g/mol. The SMILES string of the molecule is COc1cccc(CC2CCCN2C(=O)CSc2nncn2-c2ccc(C(C)C)cc2)c1. The van der Waals surface area contributed by atoms with Crippen LogP contribution in [0.5, 0.6) is 5.75 Å². The smallest absolute Gasteiger partial charge is 0.233 e. The molecule has 32 heavy (non-hydrogen) atoms. The number of nitrogens with zero attached hydrogens (tertiary/aromatic N) is 4. The lowest BCUT2D eigenvalue weighted by Gasteiger charge is -2.25. The fourth-order valence-corrected chi connectivity index (χ4v) is 4.99. The Morgan fingerprint density at radius 3 is 2.78 bits per heavy atom. The lowest BCUT2D eigenvalue weighted by molar-refractivity contribution is -0.129. The molecule has 2 heterocycles. The topological polar surface area (TPSA) is 60.2 Å². The highest BCUT2D eigenvalue weighted by molar-refractivity contribution is 7.99. The normalized spacial score (nSPS) is 16.0. The quantitative estimate of drug-likeness (QED) is 0.465. The number of aromatic nitrogens is 3. The number of thioether (sulfide) groups is 1. The van der Waals surface area contributed by atoms with Crippen molar-refractivity contribution in [3.05, 3.63) is 66.0 Å². The third-order valence-electron chi connectivity index (χ3n) is 5.98. The van der Waals surface area contributed by atoms with E-state index in [1.54, 1.807) is 13.4 Å². The number of carbonyl (C=O) groups is 1. The number of likely N-dealkylation sites (tertiary alicyclic amines) is 1. The van der Waals surface area contributed by atoms with Gasteiger partial charge in [0.05, 0.1) is 12.9 Å². The molecule has 1 aromatic heterocycles. The lowest BCUT2D eigenvalue weighted by Crippen LogP contribution is -2.38. The Labute approximate surface area is 194 Å². The minimum absolute atomic E-state index is 0.158. The second-order valence-electron chi connectivity index (χ2n) is 8.46. The molecule has 0 N–H and O–H groups in total. The van der Waals surface area contributed by atoms with Crippen LogP contribution in [0.1, 0.15) is 43.7 Å². The van der Waals surface area contributed by atoms with Crippen LogP contribution < -0.4 is 4.74 Å². The largest absolute Gasteiger partial charge is 0.497 e. The second kappa shape index (κ2) is 10.2. The lowest BCUT2D eigenvalue weighted by atomic mass is 10.0. The number of hydrogen-bond acceptors (Lipinski definition) is 5. The molecule has 0 aliphatic carbocycles. The van der Waals surface area contributed by atoms with E-state index in [0.717, 1.165) is 42.4 Å². The molecular weight excluding hydrogens is 420 g/mol. The summed E-state index contributed by atoms with van der Waals surface area (Å²) < 4.78 is 7.28. The van der Waals surface area contributed by atoms with Crippen molar-refractivity contribution in [2.45, 2.75) is 50.2 Å². The summed E-state index contributed by atoms with van der Waals surface area (Å²) in [6, 6.07) is 16.8. The van der Waals surface area contributed by atoms with Gasteiger partial charge in [-0.3, -0.25) is 9.36 Å². The molecule has 1 aliphatic rings. The van der Waals surface area contributed by atoms with Crippen molar-refractivity contribution in [3.8, 4) is 11.4 Å². The number of hydrogen-bond donors (Lipinski definition) is 0. The van der Waals surface area contributed by atoms with Gasteiger partial charge in [-0.15, -0.1) is 10.2 Å². The summed E-state index contributed by atoms with van der Waals surface area (Å²) in [6.07, 6.45) is 4.64. The first-order valence-corrected chi connectivity index (χ1v) is 12.1. The maximum absolute atomic E-state index is 13.1. The van der Waals surface area contributed by atoms with Gasteiger partial charge in [0.1, 0.15) is 12.1 Å². The van der Waals surface area contributed by atoms with Crippen LogP contribution in [-0.4, -0.2) is 51.0 Å². The van der Waals surface area contributed by atoms with Crippen LogP contribution in [0.4, 0.5) is 0 Å². The van der Waals surface area contributed by atoms with E-state index in [1.807, 2.05) is 21.6 Å². The molecule has 1 aliphatic heterocycles. The molecule has 0 radical (unpaired) electrons. The van der Waals surface area contributed by atoms with Gasteiger partial charge < -0.3 is 9.64 Å². The van der Waals surface area contributed by atoms with Crippen LogP contribution in [0.2, 0.25) is 0 Å². The third-order valence-corrected chi connectivity index (χ3v) is 6.91. The van der Waals surface area contributed by atoms with Gasteiger partial charge in [0, 0.05) is 18.3 Å². The van der Waals surface area contributed by atoms with Crippen molar-refractivity contribution >= 4 is 17.7 Å². The first-order chi connectivity index (χ1) is 15.5. The first-order valence-electron chi connectivity index (χ1n) is 11.1. The number of rotatable bonds is 8. The Balaban J connectivity index is 1.39. The summed E-state index contributed by atoms with van der Waals surface area (Å²) >= 11 is 1.45. The summed E-state index contributed by atoms with van der Waals surface area (Å²) in [5, 5.41) is 9.06. The summed E-state index contributed by atoms with van der Waals surface area (Å²) in [5.41, 5.74) is 3.50. The summed E-state index contributed by atoms with van der Waals surface area (Å²) in [6.45, 7) is 5.18. The molecule has 1 amide bonds. The van der Waals surface area contributed by atoms with Gasteiger partial charge in [0.2, 0.25) is 5.91 Å². The predicted octanol–water partition coefficient (Wildman–Crippen LogP) is 4.73. The van der Waals surface area contributed by atoms with Gasteiger partial charge in [-0.2, -0.15) is 0 Å². The van der Waals surface area contributed by atoms with Crippen molar-refractivity contribution in [3.63, 3.8) is 0 Å². The zero-order valence-electron chi connectivity index (χ0n) is 18.9. The fourth-order valence-electron chi connectivity index (χ4n) is 4.18. The van der Waals surface area contributed by atoms with E-state index in [-0.39, 0.29) is 11.9 Å². The molecule has 1 unspecified atom stereocenters. The van der Waals surface area contributed by atoms with Gasteiger partial charge in [-0.25, -0.2) is 0 Å². The molecule has 168 valence electrons. The number of benzene rings is 2. The Morgan fingerprint density at radius 1 is 1.22 bits per heavy atom. The van der Waals surface area contributed by atoms with Crippen molar-refractivity contribution < 1.29 is 9.53 Å². The van der Waals surface area contributed by atoms with Gasteiger partial charge in [0.25, 0.3) is 0 Å². The number of methoxy groups -OCH3 is 1. The Morgan fingerprint density at radius 2 is 2.03 bits per heavy atom. The van der Waals surface area contributed by atoms with Crippen LogP contribution in [0.15, 0.2) is 60.0 Å². The third kappa shape index (κ3) is 5.15. The molecule has 1 atom stereocenters. The van der Waals surface area contributed by atoms with E-state index < -0.39 is 0 Å². The Bertz CT molecular complexity index is 1050. The van der Waals surface area contributed by atoms with Crippen molar-refractivity contribution in [2.24, 2.45) is 0 Å². The van der Waals surface area contributed by atoms with Gasteiger partial charge in [-0.05, 0) is 60.6 Å². The molecule has 7 heteroatoms. The van der Waals surface area contributed by atoms with Gasteiger partial charge >= 0.3 is 0 Å². The Hall–Kier alpha value is -2.80. The standard InChI is InChI=1S/C25H30N4O2S/c1-18(2)20-9-11-21(12-10-20)29-17-26-27-25(29)32-16-24(30)28-13-5-7-22(28)14-19-6-4-8-23(15-19)31-3/h4,6,8-12,15,17-18,22H,5,7,13-14,16H2,1-3H3. The highest BCUT2D eigenvalue weighted by atomic mass is 32.2. The summed E-state index contributed by atoms with van der Waals surface area (Å²) in [7, 11) is 1.68. The molecule has 0 spiro atoms. The maximum atomic E-state index is 13.1. The molecule has 0 bridgehead atoms. The predicted molar refractivity (Wildman–Crippen MR) is 128 cm³/mol. The fraction of sp³-hybridized carbons (Fsp3) is 0.400. The number of carbonyl (C=O) groups excluding carboxylic acids is 1. The van der Waals surface area contributed by atoms with Crippen LogP contribution in [-0.2, 0) is 11.2 Å². The molecule has 2 aromatic carbocycles. The first kappa shape index (κ1) is 22.4. The van der Waals surface area contributed by atoms with E-state index in [2.05, 4.69) is 60.4 Å². The zero-order valence-corrected chi connectivity index (χ0v) is 19.7. The van der Waals surface area contributed by atoms with Crippen LogP contribution in [0, 0.1) is 0 Å². The summed E-state index contributed by atoms with van der Waals surface area (Å²) in [4.78, 5) is 15.1. The average Bonchev–Trinajstić information content (AvgIpc) is 3.47. The van der Waals surface area contributed by atoms with E-state index in [9.17, 15) is 4.79 Å². The highest BCUT2D eigenvalue weighted by Crippen LogP contribution is 2.26. The highest BCUT2D eigenvalue weighted by Gasteiger charge is 2.29. The van der Waals surface area contributed by atoms with E-state index in [0.29, 0.717) is 11.7 Å². The minimum atomic E-state index is 0.158. The van der Waals surface area contributed by atoms with Crippen molar-refractivity contribution in [1.29, 1.82) is 0 Å². The summed E-state index contributed by atoms with van der Waals surface area (Å²) in [5.74, 6) is 1.86. The molecule has 1 fully saturated rings. The molecule has 0 saturated carbocycles. The number of ether oxygens (including phenoxy) is 1. The molecule has 4 rings (SSSR count). The van der Waals surface area contributed by atoms with Gasteiger partial charge in [0.15, 0.2) is 5.16 Å². The van der Waals surface area contributed by atoms with Crippen molar-refractivity contribution in [1.82, 2.24) is 19.7 Å². The average molecular weight is 451 g/mol. The number of amides is 1. The molecule has 3 aromatic rings.